The summed E-state index contributed by atoms with van der Waals surface area (Å²) in [6.45, 7) is 6.24. The Balaban J connectivity index is 1.67. The van der Waals surface area contributed by atoms with Gasteiger partial charge < -0.3 is 15.4 Å². The number of hydrogen-bond donors (Lipinski definition) is 2. The second-order valence-corrected chi connectivity index (χ2v) is 8.57. The van der Waals surface area contributed by atoms with E-state index < -0.39 is 0 Å². The van der Waals surface area contributed by atoms with Crippen molar-refractivity contribution in [3.05, 3.63) is 99.3 Å². The first kappa shape index (κ1) is 23.1. The number of aromatic nitrogens is 1. The van der Waals surface area contributed by atoms with Crippen LogP contribution in [0.5, 0.6) is 5.75 Å². The molecule has 174 valence electrons. The Kier molecular flexibility index (Phi) is 6.68. The summed E-state index contributed by atoms with van der Waals surface area (Å²) in [6, 6.07) is 21.3. The molecule has 0 fully saturated rings. The van der Waals surface area contributed by atoms with Crippen LogP contribution in [-0.4, -0.2) is 17.6 Å². The molecule has 6 nitrogen and oxygen atoms in total. The molecule has 2 N–H and O–H groups in total. The van der Waals surface area contributed by atoms with Gasteiger partial charge in [-0.2, -0.15) is 0 Å². The van der Waals surface area contributed by atoms with E-state index in [1.165, 1.54) is 10.1 Å². The molecule has 6 heteroatoms. The van der Waals surface area contributed by atoms with Crippen molar-refractivity contribution in [2.24, 2.45) is 0 Å². The number of amides is 1. The summed E-state index contributed by atoms with van der Waals surface area (Å²) in [5.74, 6) is 0.364. The highest BCUT2D eigenvalue weighted by Crippen LogP contribution is 2.22. The third-order valence-electron chi connectivity index (χ3n) is 5.87. The maximum Gasteiger partial charge on any atom is 0.256 e. The molecule has 0 spiro atoms. The fraction of sp³-hybridized carbons (Fsp3) is 0.214. The van der Waals surface area contributed by atoms with Gasteiger partial charge in [0.25, 0.3) is 5.56 Å². The predicted molar refractivity (Wildman–Crippen MR) is 138 cm³/mol. The Morgan fingerprint density at radius 2 is 1.65 bits per heavy atom. The Morgan fingerprint density at radius 3 is 2.35 bits per heavy atom. The molecule has 4 rings (SSSR count). The fourth-order valence-corrected chi connectivity index (χ4v) is 3.98. The van der Waals surface area contributed by atoms with Crippen LogP contribution in [-0.2, 0) is 17.9 Å². The average Bonchev–Trinajstić information content (AvgIpc) is 2.82. The number of carbonyl (C=O) groups is 1. The first-order chi connectivity index (χ1) is 16.3. The molecule has 0 atom stereocenters. The molecule has 1 heterocycles. The maximum atomic E-state index is 13.5. The van der Waals surface area contributed by atoms with Crippen LogP contribution in [0.2, 0.25) is 0 Å². The third-order valence-corrected chi connectivity index (χ3v) is 5.87. The molecular weight excluding hydrogens is 426 g/mol. The summed E-state index contributed by atoms with van der Waals surface area (Å²) >= 11 is 0. The quantitative estimate of drug-likeness (QED) is 0.402. The predicted octanol–water partition coefficient (Wildman–Crippen LogP) is 5.19. The number of pyridine rings is 1. The first-order valence-electron chi connectivity index (χ1n) is 11.2. The van der Waals surface area contributed by atoms with Gasteiger partial charge in [0.2, 0.25) is 5.91 Å². The molecule has 0 bridgehead atoms. The van der Waals surface area contributed by atoms with Crippen LogP contribution >= 0.6 is 0 Å². The standard InChI is InChI=1S/C28H29N3O3/c1-18-5-9-23(10-6-18)29-16-22-14-21-8-11-24(34-4)15-26(21)31(28(22)33)17-27(32)30-25-12-7-19(2)13-20(25)3/h5-15,29H,16-17H2,1-4H3,(H,30,32). The second-order valence-electron chi connectivity index (χ2n) is 8.57. The molecule has 0 saturated carbocycles. The van der Waals surface area contributed by atoms with Gasteiger partial charge in [0.1, 0.15) is 12.3 Å². The molecule has 1 aromatic heterocycles. The van der Waals surface area contributed by atoms with Crippen LogP contribution in [0.1, 0.15) is 22.3 Å². The molecule has 3 aromatic carbocycles. The second kappa shape index (κ2) is 9.83. The molecule has 1 amide bonds. The lowest BCUT2D eigenvalue weighted by Gasteiger charge is -2.15. The van der Waals surface area contributed by atoms with E-state index in [4.69, 9.17) is 4.74 Å². The number of methoxy groups -OCH3 is 1. The van der Waals surface area contributed by atoms with Crippen LogP contribution in [0, 0.1) is 20.8 Å². The summed E-state index contributed by atoms with van der Waals surface area (Å²) in [4.78, 5) is 26.4. The van der Waals surface area contributed by atoms with Gasteiger partial charge in [-0.05, 0) is 68.1 Å². The molecule has 0 aliphatic heterocycles. The van der Waals surface area contributed by atoms with Crippen molar-refractivity contribution in [1.29, 1.82) is 0 Å². The highest BCUT2D eigenvalue weighted by Gasteiger charge is 2.14. The van der Waals surface area contributed by atoms with E-state index in [2.05, 4.69) is 10.6 Å². The normalized spacial score (nSPS) is 10.8. The Hall–Kier alpha value is -4.06. The van der Waals surface area contributed by atoms with E-state index in [9.17, 15) is 9.59 Å². The zero-order valence-corrected chi connectivity index (χ0v) is 19.9. The van der Waals surface area contributed by atoms with Gasteiger partial charge in [-0.25, -0.2) is 0 Å². The smallest absolute Gasteiger partial charge is 0.256 e. The van der Waals surface area contributed by atoms with Crippen LogP contribution in [0.4, 0.5) is 11.4 Å². The average molecular weight is 456 g/mol. The minimum Gasteiger partial charge on any atom is -0.497 e. The summed E-state index contributed by atoms with van der Waals surface area (Å²) in [7, 11) is 1.58. The number of rotatable bonds is 7. The first-order valence-corrected chi connectivity index (χ1v) is 11.2. The summed E-state index contributed by atoms with van der Waals surface area (Å²) in [5, 5.41) is 7.12. The number of nitrogens with one attached hydrogen (secondary N) is 2. The van der Waals surface area contributed by atoms with Crippen molar-refractivity contribution >= 4 is 28.2 Å². The van der Waals surface area contributed by atoms with E-state index in [-0.39, 0.29) is 18.0 Å². The number of carbonyl (C=O) groups excluding carboxylic acids is 1. The topological polar surface area (TPSA) is 72.4 Å². The zero-order valence-electron chi connectivity index (χ0n) is 19.9. The van der Waals surface area contributed by atoms with Crippen LogP contribution in [0.15, 0.2) is 71.5 Å². The monoisotopic (exact) mass is 455 g/mol. The third kappa shape index (κ3) is 5.12. The number of hydrogen-bond acceptors (Lipinski definition) is 4. The number of fused-ring (bicyclic) bond motifs is 1. The number of benzene rings is 3. The van der Waals surface area contributed by atoms with Gasteiger partial charge in [0.15, 0.2) is 0 Å². The maximum absolute atomic E-state index is 13.5. The number of anilines is 2. The van der Waals surface area contributed by atoms with Gasteiger partial charge >= 0.3 is 0 Å². The van der Waals surface area contributed by atoms with E-state index in [1.807, 2.05) is 81.4 Å². The van der Waals surface area contributed by atoms with Crippen LogP contribution in [0.3, 0.4) is 0 Å². The zero-order chi connectivity index (χ0) is 24.2. The van der Waals surface area contributed by atoms with Gasteiger partial charge in [-0.3, -0.25) is 14.2 Å². The number of nitrogens with zero attached hydrogens (tertiary/aromatic N) is 1. The SMILES string of the molecule is COc1ccc2cc(CNc3ccc(C)cc3)c(=O)n(CC(=O)Nc3ccc(C)cc3C)c2c1. The molecule has 0 aliphatic carbocycles. The Morgan fingerprint density at radius 1 is 0.912 bits per heavy atom. The highest BCUT2D eigenvalue weighted by molar-refractivity contribution is 5.92. The molecule has 0 aliphatic rings. The highest BCUT2D eigenvalue weighted by atomic mass is 16.5. The Labute approximate surface area is 199 Å². The lowest BCUT2D eigenvalue weighted by atomic mass is 10.1. The van der Waals surface area contributed by atoms with Gasteiger partial charge in [-0.1, -0.05) is 35.4 Å². The van der Waals surface area contributed by atoms with E-state index >= 15 is 0 Å². The summed E-state index contributed by atoms with van der Waals surface area (Å²) in [5.41, 5.74) is 5.96. The van der Waals surface area contributed by atoms with Gasteiger partial charge in [-0.15, -0.1) is 0 Å². The molecule has 0 unspecified atom stereocenters. The van der Waals surface area contributed by atoms with Crippen LogP contribution in [0.25, 0.3) is 10.9 Å². The van der Waals surface area contributed by atoms with E-state index in [0.29, 0.717) is 23.4 Å². The minimum absolute atomic E-state index is 0.103. The fourth-order valence-electron chi connectivity index (χ4n) is 3.98. The number of ether oxygens (including phenoxy) is 1. The van der Waals surface area contributed by atoms with Gasteiger partial charge in [0.05, 0.1) is 12.6 Å². The van der Waals surface area contributed by atoms with Crippen molar-refractivity contribution in [2.45, 2.75) is 33.9 Å². The van der Waals surface area contributed by atoms with Crippen molar-refractivity contribution in [1.82, 2.24) is 4.57 Å². The Bertz CT molecular complexity index is 1410. The van der Waals surface area contributed by atoms with Crippen molar-refractivity contribution in [3.8, 4) is 5.75 Å². The minimum atomic E-state index is -0.262. The van der Waals surface area contributed by atoms with Gasteiger partial charge in [0, 0.05) is 29.5 Å². The lowest BCUT2D eigenvalue weighted by Crippen LogP contribution is -2.30. The van der Waals surface area contributed by atoms with Crippen LogP contribution < -0.4 is 20.9 Å². The summed E-state index contributed by atoms with van der Waals surface area (Å²) in [6.07, 6.45) is 0. The molecule has 4 aromatic rings. The lowest BCUT2D eigenvalue weighted by molar-refractivity contribution is -0.116. The molecule has 34 heavy (non-hydrogen) atoms. The molecular formula is C28H29N3O3. The van der Waals surface area contributed by atoms with E-state index in [1.54, 1.807) is 13.2 Å². The summed E-state index contributed by atoms with van der Waals surface area (Å²) < 4.78 is 6.88. The van der Waals surface area contributed by atoms with Crippen molar-refractivity contribution < 1.29 is 9.53 Å². The largest absolute Gasteiger partial charge is 0.497 e. The number of aryl methyl sites for hydroxylation is 3. The van der Waals surface area contributed by atoms with E-state index in [0.717, 1.165) is 27.9 Å². The van der Waals surface area contributed by atoms with Crippen molar-refractivity contribution in [3.63, 3.8) is 0 Å². The molecule has 0 radical (unpaired) electrons. The molecule has 0 saturated heterocycles. The van der Waals surface area contributed by atoms with Crippen molar-refractivity contribution in [2.75, 3.05) is 17.7 Å².